The molecule has 0 bridgehead atoms. The second-order valence-corrected chi connectivity index (χ2v) is 4.45. The highest BCUT2D eigenvalue weighted by atomic mass is 16.5. The van der Waals surface area contributed by atoms with Gasteiger partial charge in [-0.2, -0.15) is 5.10 Å². The van der Waals surface area contributed by atoms with Crippen LogP contribution < -0.4 is 0 Å². The third kappa shape index (κ3) is 3.46. The van der Waals surface area contributed by atoms with E-state index in [2.05, 4.69) is 15.4 Å². The van der Waals surface area contributed by atoms with Gasteiger partial charge in [0.15, 0.2) is 5.69 Å². The first-order valence-electron chi connectivity index (χ1n) is 6.76. The number of esters is 1. The second-order valence-electron chi connectivity index (χ2n) is 4.45. The van der Waals surface area contributed by atoms with E-state index in [1.165, 1.54) is 7.11 Å². The van der Waals surface area contributed by atoms with Gasteiger partial charge in [-0.15, -0.1) is 5.10 Å². The van der Waals surface area contributed by atoms with Crippen LogP contribution in [0.5, 0.6) is 0 Å². The Kier molecular flexibility index (Phi) is 5.04. The highest BCUT2D eigenvalue weighted by Gasteiger charge is 2.22. The smallest absolute Gasteiger partial charge is 0.360 e. The van der Waals surface area contributed by atoms with Gasteiger partial charge in [0.2, 0.25) is 0 Å². The Morgan fingerprint density at radius 2 is 2.24 bits per heavy atom. The number of carbonyl (C=O) groups is 1. The van der Waals surface area contributed by atoms with Gasteiger partial charge >= 0.3 is 5.97 Å². The van der Waals surface area contributed by atoms with E-state index in [1.54, 1.807) is 15.6 Å². The summed E-state index contributed by atoms with van der Waals surface area (Å²) in [6.07, 6.45) is 4.26. The number of methoxy groups -OCH3 is 1. The molecule has 0 aliphatic rings. The normalized spacial score (nSPS) is 10.8. The van der Waals surface area contributed by atoms with Crippen LogP contribution in [0.3, 0.4) is 0 Å². The fraction of sp³-hybridized carbons (Fsp3) is 0.538. The topological polar surface area (TPSA) is 84.1 Å². The van der Waals surface area contributed by atoms with Crippen LogP contribution in [0.15, 0.2) is 12.4 Å². The third-order valence-corrected chi connectivity index (χ3v) is 2.95. The summed E-state index contributed by atoms with van der Waals surface area (Å²) < 4.78 is 13.4. The number of aromatic nitrogens is 5. The van der Waals surface area contributed by atoms with Crippen molar-refractivity contribution in [3.05, 3.63) is 18.1 Å². The molecule has 8 nitrogen and oxygen atoms in total. The average molecular weight is 293 g/mol. The lowest BCUT2D eigenvalue weighted by Gasteiger charge is -2.06. The number of hydrogen-bond acceptors (Lipinski definition) is 6. The van der Waals surface area contributed by atoms with Crippen LogP contribution in [0, 0.1) is 0 Å². The Morgan fingerprint density at radius 3 is 2.86 bits per heavy atom. The highest BCUT2D eigenvalue weighted by Crippen LogP contribution is 2.22. The Morgan fingerprint density at radius 1 is 1.43 bits per heavy atom. The quantitative estimate of drug-likeness (QED) is 0.557. The van der Waals surface area contributed by atoms with Crippen molar-refractivity contribution in [2.24, 2.45) is 7.05 Å². The molecule has 0 saturated heterocycles. The number of hydrogen-bond donors (Lipinski definition) is 0. The first kappa shape index (κ1) is 15.2. The summed E-state index contributed by atoms with van der Waals surface area (Å²) in [7, 11) is 3.13. The van der Waals surface area contributed by atoms with Gasteiger partial charge in [-0.25, -0.2) is 9.48 Å². The molecule has 8 heteroatoms. The molecular weight excluding hydrogens is 274 g/mol. The van der Waals surface area contributed by atoms with Gasteiger partial charge in [0.25, 0.3) is 0 Å². The second kappa shape index (κ2) is 6.98. The molecule has 2 aromatic heterocycles. The number of nitrogens with zero attached hydrogens (tertiary/aromatic N) is 5. The molecule has 0 saturated carbocycles. The summed E-state index contributed by atoms with van der Waals surface area (Å²) in [4.78, 5) is 11.8. The van der Waals surface area contributed by atoms with E-state index in [9.17, 15) is 4.79 Å². The predicted octanol–water partition coefficient (Wildman–Crippen LogP) is 0.892. The summed E-state index contributed by atoms with van der Waals surface area (Å²) in [5.41, 5.74) is 1.59. The molecule has 0 unspecified atom stereocenters. The van der Waals surface area contributed by atoms with Crippen molar-refractivity contribution in [1.82, 2.24) is 24.8 Å². The van der Waals surface area contributed by atoms with Crippen LogP contribution in [0.1, 0.15) is 23.8 Å². The van der Waals surface area contributed by atoms with E-state index in [-0.39, 0.29) is 5.69 Å². The lowest BCUT2D eigenvalue weighted by molar-refractivity contribution is 0.0595. The number of carbonyl (C=O) groups excluding carboxylic acids is 1. The average Bonchev–Trinajstić information content (AvgIpc) is 3.08. The number of ether oxygens (including phenoxy) is 2. The summed E-state index contributed by atoms with van der Waals surface area (Å²) in [6.45, 7) is 3.87. The van der Waals surface area contributed by atoms with Gasteiger partial charge in [-0.1, -0.05) is 5.21 Å². The van der Waals surface area contributed by atoms with Crippen LogP contribution >= 0.6 is 0 Å². The minimum atomic E-state index is -0.509. The fourth-order valence-corrected chi connectivity index (χ4v) is 1.99. The zero-order chi connectivity index (χ0) is 15.2. The van der Waals surface area contributed by atoms with Crippen molar-refractivity contribution >= 4 is 5.97 Å². The van der Waals surface area contributed by atoms with E-state index in [0.717, 1.165) is 12.0 Å². The summed E-state index contributed by atoms with van der Waals surface area (Å²) >= 11 is 0. The molecule has 0 aromatic carbocycles. The SMILES string of the molecule is CCOCCCn1nnc(C(=O)OC)c1-c1cnn(C)c1. The van der Waals surface area contributed by atoms with E-state index >= 15 is 0 Å². The van der Waals surface area contributed by atoms with Crippen molar-refractivity contribution in [3.63, 3.8) is 0 Å². The largest absolute Gasteiger partial charge is 0.464 e. The van der Waals surface area contributed by atoms with Gasteiger partial charge in [-0.05, 0) is 13.3 Å². The number of aryl methyl sites for hydroxylation is 2. The zero-order valence-electron chi connectivity index (χ0n) is 12.4. The molecule has 0 aliphatic carbocycles. The summed E-state index contributed by atoms with van der Waals surface area (Å²) in [5.74, 6) is -0.509. The van der Waals surface area contributed by atoms with Crippen molar-refractivity contribution in [2.45, 2.75) is 19.9 Å². The molecule has 0 atom stereocenters. The molecule has 0 radical (unpaired) electrons. The minimum Gasteiger partial charge on any atom is -0.464 e. The maximum atomic E-state index is 11.8. The van der Waals surface area contributed by atoms with Gasteiger partial charge < -0.3 is 9.47 Å². The summed E-state index contributed by atoms with van der Waals surface area (Å²) in [6, 6.07) is 0. The lowest BCUT2D eigenvalue weighted by atomic mass is 10.2. The fourth-order valence-electron chi connectivity index (χ4n) is 1.99. The molecule has 0 fully saturated rings. The molecule has 2 heterocycles. The van der Waals surface area contributed by atoms with Crippen molar-refractivity contribution in [2.75, 3.05) is 20.3 Å². The Hall–Kier alpha value is -2.22. The van der Waals surface area contributed by atoms with Crippen LogP contribution in [0.2, 0.25) is 0 Å². The third-order valence-electron chi connectivity index (χ3n) is 2.95. The van der Waals surface area contributed by atoms with E-state index < -0.39 is 5.97 Å². The van der Waals surface area contributed by atoms with Gasteiger partial charge in [0.1, 0.15) is 5.69 Å². The van der Waals surface area contributed by atoms with E-state index in [0.29, 0.717) is 25.5 Å². The Bertz CT molecular complexity index is 605. The van der Waals surface area contributed by atoms with E-state index in [1.807, 2.05) is 20.2 Å². The van der Waals surface area contributed by atoms with Crippen molar-refractivity contribution in [1.29, 1.82) is 0 Å². The maximum absolute atomic E-state index is 11.8. The van der Waals surface area contributed by atoms with Gasteiger partial charge in [0, 0.05) is 38.6 Å². The lowest BCUT2D eigenvalue weighted by Crippen LogP contribution is -2.08. The zero-order valence-corrected chi connectivity index (χ0v) is 12.4. The standard InChI is InChI=1S/C13H19N5O3/c1-4-21-7-5-6-18-12(10-8-14-17(2)9-10)11(15-16-18)13(19)20-3/h8-9H,4-7H2,1-3H3. The van der Waals surface area contributed by atoms with Crippen LogP contribution in [-0.4, -0.2) is 51.1 Å². The number of rotatable bonds is 7. The first-order chi connectivity index (χ1) is 10.2. The summed E-state index contributed by atoms with van der Waals surface area (Å²) in [5, 5.41) is 12.1. The van der Waals surface area contributed by atoms with Gasteiger partial charge in [-0.3, -0.25) is 4.68 Å². The Balaban J connectivity index is 2.28. The van der Waals surface area contributed by atoms with Crippen molar-refractivity contribution in [3.8, 4) is 11.3 Å². The molecule has 0 aliphatic heterocycles. The maximum Gasteiger partial charge on any atom is 0.360 e. The van der Waals surface area contributed by atoms with Gasteiger partial charge in [0.05, 0.1) is 13.3 Å². The molecule has 0 N–H and O–H groups in total. The Labute approximate surface area is 122 Å². The molecule has 2 aromatic rings. The molecule has 0 spiro atoms. The first-order valence-corrected chi connectivity index (χ1v) is 6.76. The van der Waals surface area contributed by atoms with Crippen molar-refractivity contribution < 1.29 is 14.3 Å². The molecule has 2 rings (SSSR count). The molecular formula is C13H19N5O3. The van der Waals surface area contributed by atoms with Crippen LogP contribution in [-0.2, 0) is 23.1 Å². The predicted molar refractivity (Wildman–Crippen MR) is 74.7 cm³/mol. The highest BCUT2D eigenvalue weighted by molar-refractivity contribution is 5.93. The molecule has 0 amide bonds. The van der Waals surface area contributed by atoms with Crippen LogP contribution in [0.4, 0.5) is 0 Å². The van der Waals surface area contributed by atoms with Crippen LogP contribution in [0.25, 0.3) is 11.3 Å². The molecule has 21 heavy (non-hydrogen) atoms. The monoisotopic (exact) mass is 293 g/mol. The van der Waals surface area contributed by atoms with E-state index in [4.69, 9.17) is 9.47 Å². The minimum absolute atomic E-state index is 0.196. The molecule has 114 valence electrons.